The van der Waals surface area contributed by atoms with Crippen molar-refractivity contribution in [3.63, 3.8) is 0 Å². The molecule has 4 aromatic rings. The standard InChI is InChI=1S/C19H18F3N7.C2H2/c1-2-4-23-19-24-5-3-15(27-19)13-9-29(10-16(21)22)28-17(13)11-6-12-14(20)8-26-18(12)25-7-11;1-2/h3,5-9,16H,2,4,10H2,1H3,(H,25,26)(H,23,24,27);1-2H. The summed E-state index contributed by atoms with van der Waals surface area (Å²) in [5, 5.41) is 7.68. The van der Waals surface area contributed by atoms with E-state index in [1.54, 1.807) is 18.3 Å². The molecule has 0 bridgehead atoms. The van der Waals surface area contributed by atoms with Gasteiger partial charge in [-0.3, -0.25) is 4.68 Å². The molecule has 2 N–H and O–H groups in total. The number of aromatic nitrogens is 6. The first-order chi connectivity index (χ1) is 15.0. The molecule has 160 valence electrons. The van der Waals surface area contributed by atoms with Gasteiger partial charge in [0.2, 0.25) is 5.95 Å². The van der Waals surface area contributed by atoms with Gasteiger partial charge < -0.3 is 10.3 Å². The maximum atomic E-state index is 14.0. The molecular weight excluding hydrogens is 407 g/mol. The molecule has 31 heavy (non-hydrogen) atoms. The smallest absolute Gasteiger partial charge is 0.257 e. The van der Waals surface area contributed by atoms with Crippen LogP contribution in [0.25, 0.3) is 33.5 Å². The Kier molecular flexibility index (Phi) is 6.87. The van der Waals surface area contributed by atoms with Gasteiger partial charge >= 0.3 is 0 Å². The predicted octanol–water partition coefficient (Wildman–Crippen LogP) is 4.36. The van der Waals surface area contributed by atoms with E-state index in [-0.39, 0.29) is 0 Å². The number of fused-ring (bicyclic) bond motifs is 1. The fraction of sp³-hybridized carbons (Fsp3) is 0.238. The number of pyridine rings is 1. The van der Waals surface area contributed by atoms with Gasteiger partial charge in [0.1, 0.15) is 23.7 Å². The fourth-order valence-corrected chi connectivity index (χ4v) is 2.99. The Balaban J connectivity index is 0.00000132. The van der Waals surface area contributed by atoms with E-state index in [0.717, 1.165) is 11.1 Å². The van der Waals surface area contributed by atoms with Gasteiger partial charge in [-0.2, -0.15) is 5.10 Å². The summed E-state index contributed by atoms with van der Waals surface area (Å²) >= 11 is 0. The Hall–Kier alpha value is -3.87. The fourth-order valence-electron chi connectivity index (χ4n) is 2.99. The second-order valence-corrected chi connectivity index (χ2v) is 6.45. The van der Waals surface area contributed by atoms with Crippen LogP contribution >= 0.6 is 0 Å². The molecule has 0 radical (unpaired) electrons. The summed E-state index contributed by atoms with van der Waals surface area (Å²) in [5.74, 6) is -0.0156. The predicted molar refractivity (Wildman–Crippen MR) is 113 cm³/mol. The van der Waals surface area contributed by atoms with Crippen molar-refractivity contribution < 1.29 is 13.2 Å². The van der Waals surface area contributed by atoms with Crippen molar-refractivity contribution in [2.24, 2.45) is 0 Å². The van der Waals surface area contributed by atoms with Crippen molar-refractivity contribution in [1.29, 1.82) is 0 Å². The van der Waals surface area contributed by atoms with Crippen LogP contribution in [0.3, 0.4) is 0 Å². The van der Waals surface area contributed by atoms with Crippen LogP contribution in [0.4, 0.5) is 19.1 Å². The number of hydrogen-bond donors (Lipinski definition) is 2. The molecule has 0 aliphatic carbocycles. The summed E-state index contributed by atoms with van der Waals surface area (Å²) in [6.45, 7) is 2.16. The average molecular weight is 427 g/mol. The van der Waals surface area contributed by atoms with Gasteiger partial charge in [-0.1, -0.05) is 6.92 Å². The number of nitrogens with zero attached hydrogens (tertiary/aromatic N) is 5. The Bertz CT molecular complexity index is 1180. The Morgan fingerprint density at radius 1 is 1.26 bits per heavy atom. The van der Waals surface area contributed by atoms with Crippen molar-refractivity contribution >= 4 is 17.0 Å². The zero-order valence-electron chi connectivity index (χ0n) is 16.7. The number of halogens is 3. The van der Waals surface area contributed by atoms with Gasteiger partial charge in [-0.25, -0.2) is 28.1 Å². The van der Waals surface area contributed by atoms with Crippen LogP contribution in [0.1, 0.15) is 13.3 Å². The maximum absolute atomic E-state index is 14.0. The third-order valence-corrected chi connectivity index (χ3v) is 4.31. The van der Waals surface area contributed by atoms with E-state index in [1.807, 2.05) is 6.92 Å². The normalized spacial score (nSPS) is 10.8. The SMILES string of the molecule is C#C.CCCNc1nccc(-c2cn(CC(F)F)nc2-c2cnc3[nH]cc(F)c3c2)n1. The minimum absolute atomic E-state index is 0.296. The molecule has 4 aromatic heterocycles. The van der Waals surface area contributed by atoms with Gasteiger partial charge in [-0.05, 0) is 18.6 Å². The van der Waals surface area contributed by atoms with E-state index in [9.17, 15) is 13.2 Å². The second-order valence-electron chi connectivity index (χ2n) is 6.45. The van der Waals surface area contributed by atoms with Gasteiger partial charge in [0, 0.05) is 42.5 Å². The van der Waals surface area contributed by atoms with Gasteiger partial charge in [0.05, 0.1) is 11.1 Å². The molecule has 4 heterocycles. The van der Waals surface area contributed by atoms with Crippen LogP contribution in [0, 0.1) is 18.7 Å². The Labute approximate surface area is 176 Å². The zero-order chi connectivity index (χ0) is 22.4. The molecule has 0 saturated carbocycles. The Morgan fingerprint density at radius 3 is 2.81 bits per heavy atom. The molecule has 0 spiro atoms. The minimum atomic E-state index is -2.56. The first-order valence-corrected chi connectivity index (χ1v) is 9.44. The largest absolute Gasteiger partial charge is 0.354 e. The van der Waals surface area contributed by atoms with E-state index in [1.165, 1.54) is 18.6 Å². The van der Waals surface area contributed by atoms with Crippen molar-refractivity contribution in [2.75, 3.05) is 11.9 Å². The molecular formula is C21H20F3N7. The molecule has 0 fully saturated rings. The van der Waals surface area contributed by atoms with Gasteiger partial charge in [0.25, 0.3) is 6.43 Å². The van der Waals surface area contributed by atoms with Crippen molar-refractivity contribution in [2.45, 2.75) is 26.3 Å². The number of rotatable bonds is 7. The highest BCUT2D eigenvalue weighted by Gasteiger charge is 2.18. The van der Waals surface area contributed by atoms with Crippen LogP contribution in [0.5, 0.6) is 0 Å². The van der Waals surface area contributed by atoms with Crippen molar-refractivity contribution in [3.8, 4) is 35.4 Å². The molecule has 0 amide bonds. The molecule has 0 atom stereocenters. The molecule has 0 aliphatic heterocycles. The topological polar surface area (TPSA) is 84.3 Å². The molecule has 0 unspecified atom stereocenters. The van der Waals surface area contributed by atoms with Gasteiger partial charge in [-0.15, -0.1) is 12.8 Å². The minimum Gasteiger partial charge on any atom is -0.354 e. The third-order valence-electron chi connectivity index (χ3n) is 4.31. The lowest BCUT2D eigenvalue weighted by molar-refractivity contribution is 0.122. The highest BCUT2D eigenvalue weighted by atomic mass is 19.3. The molecule has 7 nitrogen and oxygen atoms in total. The lowest BCUT2D eigenvalue weighted by Crippen LogP contribution is -2.06. The van der Waals surface area contributed by atoms with Crippen LogP contribution in [-0.2, 0) is 6.54 Å². The summed E-state index contributed by atoms with van der Waals surface area (Å²) in [4.78, 5) is 15.6. The summed E-state index contributed by atoms with van der Waals surface area (Å²) < 4.78 is 41.0. The first kappa shape index (κ1) is 21.8. The van der Waals surface area contributed by atoms with E-state index in [4.69, 9.17) is 0 Å². The lowest BCUT2D eigenvalue weighted by Gasteiger charge is -2.06. The highest BCUT2D eigenvalue weighted by molar-refractivity contribution is 5.85. The van der Waals surface area contributed by atoms with E-state index in [2.05, 4.69) is 43.2 Å². The van der Waals surface area contributed by atoms with E-state index >= 15 is 0 Å². The zero-order valence-corrected chi connectivity index (χ0v) is 16.7. The highest BCUT2D eigenvalue weighted by Crippen LogP contribution is 2.32. The quantitative estimate of drug-likeness (QED) is 0.428. The monoisotopic (exact) mass is 427 g/mol. The van der Waals surface area contributed by atoms with Crippen LogP contribution in [0.15, 0.2) is 36.9 Å². The molecule has 4 rings (SSSR count). The van der Waals surface area contributed by atoms with Crippen LogP contribution in [-0.4, -0.2) is 42.7 Å². The number of alkyl halides is 2. The van der Waals surface area contributed by atoms with Crippen LogP contribution < -0.4 is 5.32 Å². The number of H-pyrrole nitrogens is 1. The molecule has 10 heteroatoms. The number of hydrogen-bond acceptors (Lipinski definition) is 5. The number of anilines is 1. The summed E-state index contributed by atoms with van der Waals surface area (Å²) in [5.41, 5.74) is 2.34. The van der Waals surface area contributed by atoms with E-state index < -0.39 is 18.8 Å². The second kappa shape index (κ2) is 9.75. The molecule has 0 aromatic carbocycles. The summed E-state index contributed by atoms with van der Waals surface area (Å²) in [7, 11) is 0. The number of aromatic amines is 1. The van der Waals surface area contributed by atoms with Gasteiger partial charge in [0.15, 0.2) is 0 Å². The molecule has 0 aliphatic rings. The van der Waals surface area contributed by atoms with E-state index in [0.29, 0.717) is 46.0 Å². The number of nitrogens with one attached hydrogen (secondary N) is 2. The van der Waals surface area contributed by atoms with Crippen LogP contribution in [0.2, 0.25) is 0 Å². The lowest BCUT2D eigenvalue weighted by atomic mass is 10.1. The summed E-state index contributed by atoms with van der Waals surface area (Å²) in [6, 6.07) is 3.26. The van der Waals surface area contributed by atoms with Crippen molar-refractivity contribution in [1.82, 2.24) is 29.7 Å². The van der Waals surface area contributed by atoms with Crippen molar-refractivity contribution in [3.05, 3.63) is 42.7 Å². The Morgan fingerprint density at radius 2 is 2.06 bits per heavy atom. The summed E-state index contributed by atoms with van der Waals surface area (Å²) in [6.07, 6.45) is 12.2. The molecule has 0 saturated heterocycles. The maximum Gasteiger partial charge on any atom is 0.257 e. The average Bonchev–Trinajstić information content (AvgIpc) is 3.37. The number of terminal acetylenes is 1. The third kappa shape index (κ3) is 4.83. The first-order valence-electron chi connectivity index (χ1n) is 9.44.